The molecule has 3 aliphatic rings. The molecule has 2 aliphatic heterocycles. The molecule has 6 rings (SSSR count). The quantitative estimate of drug-likeness (QED) is 0.120. The smallest absolute Gasteiger partial charge is 0.320 e. The van der Waals surface area contributed by atoms with E-state index >= 15 is 0 Å². The summed E-state index contributed by atoms with van der Waals surface area (Å²) in [6.07, 6.45) is 14.0. The van der Waals surface area contributed by atoms with Crippen LogP contribution in [0.5, 0.6) is 5.75 Å². The highest BCUT2D eigenvalue weighted by molar-refractivity contribution is 6.05. The number of carbonyl (C=O) groups excluding carboxylic acids is 1. The van der Waals surface area contributed by atoms with Crippen molar-refractivity contribution in [2.75, 3.05) is 13.2 Å². The molecule has 3 aromatic rings. The lowest BCUT2D eigenvalue weighted by atomic mass is 9.85. The number of aliphatic imine (C=N–C) groups is 1. The Kier molecular flexibility index (Phi) is 12.8. The van der Waals surface area contributed by atoms with E-state index in [-0.39, 0.29) is 41.4 Å². The lowest BCUT2D eigenvalue weighted by molar-refractivity contribution is -0.163. The van der Waals surface area contributed by atoms with E-state index in [9.17, 15) is 4.79 Å². The number of piperidine rings is 1. The van der Waals surface area contributed by atoms with Crippen LogP contribution in [-0.4, -0.2) is 68.7 Å². The number of amides is 2. The third-order valence-corrected chi connectivity index (χ3v) is 10.6. The van der Waals surface area contributed by atoms with Crippen molar-refractivity contribution in [3.63, 3.8) is 0 Å². The number of fused-ring (bicyclic) bond motifs is 1. The van der Waals surface area contributed by atoms with Gasteiger partial charge >= 0.3 is 6.03 Å². The van der Waals surface area contributed by atoms with E-state index in [1.54, 1.807) is 46.0 Å². The van der Waals surface area contributed by atoms with Gasteiger partial charge < -0.3 is 30.2 Å². The van der Waals surface area contributed by atoms with E-state index in [0.717, 1.165) is 56.3 Å². The Morgan fingerprint density at radius 2 is 1.80 bits per heavy atom. The van der Waals surface area contributed by atoms with Crippen molar-refractivity contribution in [1.29, 1.82) is 10.8 Å². The minimum atomic E-state index is -0.407. The second-order valence-electron chi connectivity index (χ2n) is 15.9. The first-order chi connectivity index (χ1) is 26.4. The summed E-state index contributed by atoms with van der Waals surface area (Å²) in [4.78, 5) is 20.5. The zero-order valence-electron chi connectivity index (χ0n) is 32.9. The highest BCUT2D eigenvalue weighted by atomic mass is 16.7. The lowest BCUT2D eigenvalue weighted by Gasteiger charge is -2.41. The molecule has 0 bridgehead atoms. The molecule has 5 unspecified atom stereocenters. The number of rotatable bonds is 9. The summed E-state index contributed by atoms with van der Waals surface area (Å²) >= 11 is 0. The average molecular weight is 755 g/mol. The van der Waals surface area contributed by atoms with Crippen LogP contribution in [0.4, 0.5) is 10.5 Å². The molecule has 55 heavy (non-hydrogen) atoms. The molecule has 0 saturated carbocycles. The van der Waals surface area contributed by atoms with Crippen molar-refractivity contribution in [1.82, 2.24) is 29.9 Å². The average Bonchev–Trinajstić information content (AvgIpc) is 3.60. The van der Waals surface area contributed by atoms with Crippen LogP contribution >= 0.6 is 0 Å². The molecular formula is C41H58N10O4. The molecule has 5 atom stereocenters. The second kappa shape index (κ2) is 17.7. The number of pyridine rings is 1. The standard InChI is InChI=1S/C41H58N10O4/c1-27-11-10-12-28(2)51(27)39(44)50-26-30(16-19-36(50)43)55-34-18-17-33(31-13-6-7-14-32(31)34)47-40(52)48-37(23-35(42)41(3,4)5)46-29-24-45-49(25-29)20-22-54-38-15-8-9-21-53-38/h6-7,13-14,16,19,23-28,33-34,38,43-44H,8-12,15,17-18,20-22,42H2,1-5H3,(H2,46,47,48,52)/b35-23-,43-36?,44-39?. The second-order valence-corrected chi connectivity index (χ2v) is 15.9. The van der Waals surface area contributed by atoms with Gasteiger partial charge in [0.05, 0.1) is 37.8 Å². The summed E-state index contributed by atoms with van der Waals surface area (Å²) in [5.41, 5.74) is 9.42. The normalized spacial score (nSPS) is 23.5. The molecule has 2 amide bonds. The number of carbonyl (C=O) groups is 1. The number of aromatic nitrogens is 3. The van der Waals surface area contributed by atoms with Crippen LogP contribution in [0.2, 0.25) is 0 Å². The van der Waals surface area contributed by atoms with E-state index in [4.69, 9.17) is 35.8 Å². The van der Waals surface area contributed by atoms with Gasteiger partial charge in [-0.2, -0.15) is 5.10 Å². The number of ether oxygens (including phenoxy) is 3. The summed E-state index contributed by atoms with van der Waals surface area (Å²) in [5, 5.41) is 28.1. The van der Waals surface area contributed by atoms with Gasteiger partial charge in [-0.1, -0.05) is 45.0 Å². The molecule has 0 spiro atoms. The highest BCUT2D eigenvalue weighted by Crippen LogP contribution is 2.38. The molecule has 2 aromatic heterocycles. The molecule has 2 fully saturated rings. The fraction of sp³-hybridized carbons (Fsp3) is 0.537. The van der Waals surface area contributed by atoms with Gasteiger partial charge in [-0.15, -0.1) is 0 Å². The zero-order valence-corrected chi connectivity index (χ0v) is 32.9. The molecule has 14 heteroatoms. The third kappa shape index (κ3) is 10.2. The Labute approximate surface area is 324 Å². The van der Waals surface area contributed by atoms with Crippen molar-refractivity contribution in [2.45, 2.75) is 123 Å². The topological polar surface area (TPSA) is 181 Å². The first kappa shape index (κ1) is 39.7. The van der Waals surface area contributed by atoms with Crippen LogP contribution in [0, 0.1) is 16.2 Å². The monoisotopic (exact) mass is 754 g/mol. The van der Waals surface area contributed by atoms with Gasteiger partial charge in [0.15, 0.2) is 6.29 Å². The molecule has 1 aromatic carbocycles. The number of nitrogens with one attached hydrogen (secondary N) is 4. The molecular weight excluding hydrogens is 697 g/mol. The van der Waals surface area contributed by atoms with Gasteiger partial charge in [-0.3, -0.25) is 25.4 Å². The Bertz CT molecular complexity index is 1910. The molecule has 1 aliphatic carbocycles. The molecule has 296 valence electrons. The summed E-state index contributed by atoms with van der Waals surface area (Å²) in [6.45, 7) is 12.0. The highest BCUT2D eigenvalue weighted by Gasteiger charge is 2.31. The minimum Gasteiger partial charge on any atom is -0.484 e. The third-order valence-electron chi connectivity index (χ3n) is 10.6. The van der Waals surface area contributed by atoms with Gasteiger partial charge in [0.1, 0.15) is 28.9 Å². The number of nitrogens with two attached hydrogens (primary N) is 1. The van der Waals surface area contributed by atoms with Gasteiger partial charge in [0.2, 0.25) is 5.96 Å². The Balaban J connectivity index is 1.13. The number of urea groups is 1. The zero-order chi connectivity index (χ0) is 39.1. The summed E-state index contributed by atoms with van der Waals surface area (Å²) in [6, 6.07) is 11.2. The number of likely N-dealkylation sites (tertiary alicyclic amines) is 1. The first-order valence-electron chi connectivity index (χ1n) is 19.7. The molecule has 4 heterocycles. The van der Waals surface area contributed by atoms with Crippen molar-refractivity contribution in [3.8, 4) is 5.75 Å². The number of hydrogen-bond donors (Lipinski definition) is 5. The van der Waals surface area contributed by atoms with E-state index in [1.165, 1.54) is 0 Å². The fourth-order valence-electron chi connectivity index (χ4n) is 7.44. The van der Waals surface area contributed by atoms with E-state index in [1.807, 2.05) is 45.0 Å². The van der Waals surface area contributed by atoms with Gasteiger partial charge in [0.25, 0.3) is 0 Å². The summed E-state index contributed by atoms with van der Waals surface area (Å²) in [5.74, 6) is 1.17. The predicted octanol–water partition coefficient (Wildman–Crippen LogP) is 6.63. The number of allylic oxidation sites excluding steroid dienone is 1. The van der Waals surface area contributed by atoms with E-state index in [2.05, 4.69) is 34.5 Å². The van der Waals surface area contributed by atoms with Crippen molar-refractivity contribution >= 4 is 23.5 Å². The number of benzene rings is 1. The van der Waals surface area contributed by atoms with Crippen LogP contribution in [-0.2, 0) is 16.0 Å². The SMILES string of the molecule is CC1CCCC(C)N1C(=N)n1cc(OC2CCC(NC(=O)NC(/C=C(\N)C(C)(C)C)=Nc3cnn(CCOC4CCCCO4)c3)c3ccccc32)ccc1=N. The Morgan fingerprint density at radius 3 is 2.53 bits per heavy atom. The maximum absolute atomic E-state index is 13.6. The van der Waals surface area contributed by atoms with Crippen molar-refractivity contribution < 1.29 is 19.0 Å². The van der Waals surface area contributed by atoms with Gasteiger partial charge in [-0.05, 0) is 88.5 Å². The van der Waals surface area contributed by atoms with Crippen LogP contribution in [0.3, 0.4) is 0 Å². The Morgan fingerprint density at radius 1 is 1.04 bits per heavy atom. The summed E-state index contributed by atoms with van der Waals surface area (Å²) < 4.78 is 21.5. The van der Waals surface area contributed by atoms with Crippen molar-refractivity contribution in [3.05, 3.63) is 83.4 Å². The molecule has 2 saturated heterocycles. The maximum Gasteiger partial charge on any atom is 0.320 e. The van der Waals surface area contributed by atoms with Crippen molar-refractivity contribution in [2.24, 2.45) is 16.1 Å². The van der Waals surface area contributed by atoms with E-state index in [0.29, 0.717) is 54.9 Å². The minimum absolute atomic E-state index is 0.163. The largest absolute Gasteiger partial charge is 0.484 e. The van der Waals surface area contributed by atoms with Crippen LogP contribution in [0.1, 0.15) is 109 Å². The fourth-order valence-corrected chi connectivity index (χ4v) is 7.44. The van der Waals surface area contributed by atoms with Crippen LogP contribution in [0.25, 0.3) is 0 Å². The molecule has 6 N–H and O–H groups in total. The number of nitrogens with zero attached hydrogens (tertiary/aromatic N) is 5. The number of hydrogen-bond acceptors (Lipinski definition) is 9. The molecule has 14 nitrogen and oxygen atoms in total. The van der Waals surface area contributed by atoms with E-state index < -0.39 is 6.03 Å². The first-order valence-corrected chi connectivity index (χ1v) is 19.7. The number of amidine groups is 1. The predicted molar refractivity (Wildman–Crippen MR) is 212 cm³/mol. The molecule has 0 radical (unpaired) electrons. The van der Waals surface area contributed by atoms with Gasteiger partial charge in [0, 0.05) is 35.9 Å². The van der Waals surface area contributed by atoms with Gasteiger partial charge in [-0.25, -0.2) is 9.79 Å². The Hall–Kier alpha value is -4.95. The van der Waals surface area contributed by atoms with Crippen LogP contribution < -0.4 is 26.6 Å². The lowest BCUT2D eigenvalue weighted by Crippen LogP contribution is -2.51. The van der Waals surface area contributed by atoms with Crippen LogP contribution in [0.15, 0.2) is 71.8 Å². The maximum atomic E-state index is 13.6. The summed E-state index contributed by atoms with van der Waals surface area (Å²) in [7, 11) is 0.